The van der Waals surface area contributed by atoms with Gasteiger partial charge in [0.05, 0.1) is 7.11 Å². The van der Waals surface area contributed by atoms with Gasteiger partial charge in [0.15, 0.2) is 0 Å². The number of ether oxygens (including phenoxy) is 1. The minimum absolute atomic E-state index is 0.187. The van der Waals surface area contributed by atoms with E-state index in [0.717, 1.165) is 36.5 Å². The summed E-state index contributed by atoms with van der Waals surface area (Å²) in [5.74, 6) is 0.904. The fourth-order valence-electron chi connectivity index (χ4n) is 3.36. The SMILES string of the molecule is COc1cccc2c(O)c(C3(N=C=O)CCCC3)ccc12. The van der Waals surface area contributed by atoms with Crippen LogP contribution in [0.4, 0.5) is 0 Å². The molecule has 4 nitrogen and oxygen atoms in total. The van der Waals surface area contributed by atoms with E-state index in [1.165, 1.54) is 0 Å². The molecule has 1 aliphatic carbocycles. The summed E-state index contributed by atoms with van der Waals surface area (Å²) in [6, 6.07) is 9.32. The minimum Gasteiger partial charge on any atom is -0.507 e. The highest BCUT2D eigenvalue weighted by molar-refractivity contribution is 5.94. The average molecular weight is 283 g/mol. The number of phenolic OH excluding ortho intramolecular Hbond substituents is 1. The van der Waals surface area contributed by atoms with Gasteiger partial charge in [0.25, 0.3) is 0 Å². The molecule has 2 aromatic rings. The summed E-state index contributed by atoms with van der Waals surface area (Å²) >= 11 is 0. The number of methoxy groups -OCH3 is 1. The van der Waals surface area contributed by atoms with Gasteiger partial charge in [0.2, 0.25) is 6.08 Å². The maximum absolute atomic E-state index is 10.8. The smallest absolute Gasteiger partial charge is 0.235 e. The normalized spacial score (nSPS) is 16.6. The standard InChI is InChI=1S/C17H17NO3/c1-21-15-6-4-5-13-12(15)7-8-14(16(13)20)17(18-11-19)9-2-3-10-17/h4-8,20H,2-3,9-10H2,1H3. The van der Waals surface area contributed by atoms with Crippen LogP contribution in [0.2, 0.25) is 0 Å². The van der Waals surface area contributed by atoms with Gasteiger partial charge in [0.1, 0.15) is 17.0 Å². The number of fused-ring (bicyclic) bond motifs is 1. The quantitative estimate of drug-likeness (QED) is 0.690. The van der Waals surface area contributed by atoms with Crippen molar-refractivity contribution in [1.82, 2.24) is 0 Å². The summed E-state index contributed by atoms with van der Waals surface area (Å²) in [5, 5.41) is 12.2. The third kappa shape index (κ3) is 2.08. The first-order valence-electron chi connectivity index (χ1n) is 7.10. The van der Waals surface area contributed by atoms with Crippen LogP contribution in [0.15, 0.2) is 35.3 Å². The van der Waals surface area contributed by atoms with Crippen molar-refractivity contribution in [2.24, 2.45) is 4.99 Å². The van der Waals surface area contributed by atoms with Crippen LogP contribution in [-0.2, 0) is 10.3 Å². The van der Waals surface area contributed by atoms with Crippen molar-refractivity contribution in [3.8, 4) is 11.5 Å². The van der Waals surface area contributed by atoms with Gasteiger partial charge >= 0.3 is 0 Å². The Labute approximate surface area is 123 Å². The van der Waals surface area contributed by atoms with Crippen molar-refractivity contribution in [3.05, 3.63) is 35.9 Å². The van der Waals surface area contributed by atoms with Crippen LogP contribution in [0.3, 0.4) is 0 Å². The second-order valence-electron chi connectivity index (χ2n) is 5.46. The first-order chi connectivity index (χ1) is 10.2. The molecule has 1 N–H and O–H groups in total. The molecule has 0 bridgehead atoms. The molecule has 0 radical (unpaired) electrons. The molecule has 0 atom stereocenters. The van der Waals surface area contributed by atoms with Crippen LogP contribution < -0.4 is 4.74 Å². The molecule has 3 rings (SSSR count). The number of isocyanates is 1. The summed E-state index contributed by atoms with van der Waals surface area (Å²) in [5.41, 5.74) is 0.0902. The predicted molar refractivity (Wildman–Crippen MR) is 80.4 cm³/mol. The second-order valence-corrected chi connectivity index (χ2v) is 5.46. The van der Waals surface area contributed by atoms with E-state index in [1.54, 1.807) is 13.2 Å². The van der Waals surface area contributed by atoms with Crippen molar-refractivity contribution in [2.45, 2.75) is 31.2 Å². The zero-order valence-electron chi connectivity index (χ0n) is 11.9. The van der Waals surface area contributed by atoms with Crippen molar-refractivity contribution in [2.75, 3.05) is 7.11 Å². The van der Waals surface area contributed by atoms with Gasteiger partial charge in [0, 0.05) is 16.3 Å². The molecule has 0 unspecified atom stereocenters. The number of carbonyl (C=O) groups excluding carboxylic acids is 1. The van der Waals surface area contributed by atoms with E-state index in [2.05, 4.69) is 4.99 Å². The third-order valence-corrected chi connectivity index (χ3v) is 4.40. The van der Waals surface area contributed by atoms with Gasteiger partial charge in [-0.25, -0.2) is 4.79 Å². The fourth-order valence-corrected chi connectivity index (χ4v) is 3.36. The minimum atomic E-state index is -0.622. The van der Waals surface area contributed by atoms with Crippen molar-refractivity contribution >= 4 is 16.9 Å². The molecule has 21 heavy (non-hydrogen) atoms. The maximum Gasteiger partial charge on any atom is 0.235 e. The first-order valence-corrected chi connectivity index (χ1v) is 7.10. The van der Waals surface area contributed by atoms with Gasteiger partial charge < -0.3 is 9.84 Å². The van der Waals surface area contributed by atoms with Gasteiger partial charge in [-0.15, -0.1) is 0 Å². The highest BCUT2D eigenvalue weighted by Gasteiger charge is 2.38. The molecule has 0 spiro atoms. The van der Waals surface area contributed by atoms with Crippen LogP contribution in [0.1, 0.15) is 31.2 Å². The van der Waals surface area contributed by atoms with E-state index >= 15 is 0 Å². The molecule has 1 fully saturated rings. The van der Waals surface area contributed by atoms with Gasteiger partial charge in [-0.05, 0) is 18.9 Å². The number of phenols is 1. The number of aromatic hydroxyl groups is 1. The number of rotatable bonds is 3. The molecule has 1 aliphatic rings. The monoisotopic (exact) mass is 283 g/mol. The third-order valence-electron chi connectivity index (χ3n) is 4.40. The largest absolute Gasteiger partial charge is 0.507 e. The van der Waals surface area contributed by atoms with Crippen LogP contribution in [0, 0.1) is 0 Å². The molecule has 0 amide bonds. The average Bonchev–Trinajstić information content (AvgIpc) is 2.97. The predicted octanol–water partition coefficient (Wildman–Crippen LogP) is 3.66. The van der Waals surface area contributed by atoms with Crippen LogP contribution in [-0.4, -0.2) is 18.3 Å². The molecular formula is C17H17NO3. The maximum atomic E-state index is 10.8. The molecule has 2 aromatic carbocycles. The van der Waals surface area contributed by atoms with E-state index < -0.39 is 5.54 Å². The van der Waals surface area contributed by atoms with Gasteiger partial charge in [-0.3, -0.25) is 0 Å². The molecule has 4 heteroatoms. The highest BCUT2D eigenvalue weighted by atomic mass is 16.5. The van der Waals surface area contributed by atoms with Crippen molar-refractivity contribution in [3.63, 3.8) is 0 Å². The highest BCUT2D eigenvalue weighted by Crippen LogP contribution is 2.47. The topological polar surface area (TPSA) is 58.9 Å². The lowest BCUT2D eigenvalue weighted by atomic mass is 9.86. The van der Waals surface area contributed by atoms with Crippen molar-refractivity contribution < 1.29 is 14.6 Å². The zero-order chi connectivity index (χ0) is 14.9. The van der Waals surface area contributed by atoms with E-state index in [4.69, 9.17) is 4.74 Å². The Balaban J connectivity index is 2.25. The lowest BCUT2D eigenvalue weighted by Gasteiger charge is -2.24. The Morgan fingerprint density at radius 3 is 2.62 bits per heavy atom. The lowest BCUT2D eigenvalue weighted by Crippen LogP contribution is -2.19. The van der Waals surface area contributed by atoms with E-state index in [1.807, 2.05) is 30.3 Å². The summed E-state index contributed by atoms with van der Waals surface area (Å²) < 4.78 is 5.32. The van der Waals surface area contributed by atoms with E-state index in [9.17, 15) is 9.90 Å². The number of hydrogen-bond acceptors (Lipinski definition) is 4. The number of hydrogen-bond donors (Lipinski definition) is 1. The molecule has 0 aliphatic heterocycles. The zero-order valence-corrected chi connectivity index (χ0v) is 11.9. The van der Waals surface area contributed by atoms with Gasteiger partial charge in [-0.1, -0.05) is 37.1 Å². The van der Waals surface area contributed by atoms with Crippen LogP contribution >= 0.6 is 0 Å². The Kier molecular flexibility index (Phi) is 3.40. The lowest BCUT2D eigenvalue weighted by molar-refractivity contribution is 0.410. The van der Waals surface area contributed by atoms with E-state index in [-0.39, 0.29) is 5.75 Å². The molecule has 0 heterocycles. The fraction of sp³-hybridized carbons (Fsp3) is 0.353. The number of benzene rings is 2. The van der Waals surface area contributed by atoms with Crippen LogP contribution in [0.5, 0.6) is 11.5 Å². The second kappa shape index (κ2) is 5.23. The molecule has 108 valence electrons. The Bertz CT molecular complexity index is 726. The molecule has 1 saturated carbocycles. The van der Waals surface area contributed by atoms with Crippen molar-refractivity contribution in [1.29, 1.82) is 0 Å². The summed E-state index contributed by atoms with van der Waals surface area (Å²) in [4.78, 5) is 14.9. The summed E-state index contributed by atoms with van der Waals surface area (Å²) in [7, 11) is 1.61. The number of nitrogens with zero attached hydrogens (tertiary/aromatic N) is 1. The van der Waals surface area contributed by atoms with Crippen LogP contribution in [0.25, 0.3) is 10.8 Å². The van der Waals surface area contributed by atoms with Gasteiger partial charge in [-0.2, -0.15) is 4.99 Å². The molecular weight excluding hydrogens is 266 g/mol. The molecule has 0 aromatic heterocycles. The Morgan fingerprint density at radius 1 is 1.19 bits per heavy atom. The first kappa shape index (κ1) is 13.7. The summed E-state index contributed by atoms with van der Waals surface area (Å²) in [6.45, 7) is 0. The Hall–Kier alpha value is -2.32. The summed E-state index contributed by atoms with van der Waals surface area (Å²) in [6.07, 6.45) is 5.23. The Morgan fingerprint density at radius 2 is 1.95 bits per heavy atom. The van der Waals surface area contributed by atoms with E-state index in [0.29, 0.717) is 11.3 Å². The number of aliphatic imine (C=N–C) groups is 1. The molecule has 0 saturated heterocycles.